The molecule has 0 aliphatic heterocycles. The smallest absolute Gasteiger partial charge is 0.120 e. The number of aromatic nitrogens is 2. The molecule has 2 rings (SSSR count). The minimum absolute atomic E-state index is 0.315. The van der Waals surface area contributed by atoms with Crippen LogP contribution in [0.3, 0.4) is 0 Å². The molecule has 1 aromatic carbocycles. The van der Waals surface area contributed by atoms with Crippen LogP contribution in [0.1, 0.15) is 11.3 Å². The van der Waals surface area contributed by atoms with Gasteiger partial charge in [-0.2, -0.15) is 5.10 Å². The number of hydrogen-bond donors (Lipinski definition) is 2. The van der Waals surface area contributed by atoms with E-state index >= 15 is 0 Å². The van der Waals surface area contributed by atoms with E-state index in [-0.39, 0.29) is 0 Å². The van der Waals surface area contributed by atoms with Crippen LogP contribution in [0.15, 0.2) is 30.5 Å². The fourth-order valence-corrected chi connectivity index (χ4v) is 1.49. The first-order valence-corrected chi connectivity index (χ1v) is 5.17. The van der Waals surface area contributed by atoms with E-state index in [9.17, 15) is 5.11 Å². The largest absolute Gasteiger partial charge is 0.508 e. The van der Waals surface area contributed by atoms with Crippen molar-refractivity contribution >= 4 is 5.69 Å². The Morgan fingerprint density at radius 3 is 2.81 bits per heavy atom. The Labute approximate surface area is 94.5 Å². The van der Waals surface area contributed by atoms with Crippen LogP contribution in [0.2, 0.25) is 0 Å². The van der Waals surface area contributed by atoms with E-state index in [0.29, 0.717) is 12.3 Å². The van der Waals surface area contributed by atoms with E-state index in [1.807, 2.05) is 36.9 Å². The van der Waals surface area contributed by atoms with E-state index in [1.54, 1.807) is 12.3 Å². The first kappa shape index (κ1) is 10.5. The zero-order valence-corrected chi connectivity index (χ0v) is 9.44. The Balaban J connectivity index is 2.05. The van der Waals surface area contributed by atoms with Crippen LogP contribution in [0.5, 0.6) is 5.75 Å². The molecule has 2 N–H and O–H groups in total. The van der Waals surface area contributed by atoms with Gasteiger partial charge in [-0.1, -0.05) is 6.07 Å². The van der Waals surface area contributed by atoms with Gasteiger partial charge in [-0.25, -0.2) is 0 Å². The Bertz CT molecular complexity index is 491. The average molecular weight is 217 g/mol. The van der Waals surface area contributed by atoms with Crippen LogP contribution in [-0.2, 0) is 13.6 Å². The second-order valence-corrected chi connectivity index (χ2v) is 3.80. The number of phenolic OH excluding ortho intramolecular Hbond substituents is 1. The standard InChI is InChI=1S/C12H15N3O/c1-9-3-4-10(7-12(9)16)13-8-11-5-6-14-15(11)2/h3-7,13,16H,8H2,1-2H3. The van der Waals surface area contributed by atoms with Gasteiger partial charge >= 0.3 is 0 Å². The zero-order chi connectivity index (χ0) is 11.5. The van der Waals surface area contributed by atoms with Crippen molar-refractivity contribution < 1.29 is 5.11 Å². The van der Waals surface area contributed by atoms with E-state index in [4.69, 9.17) is 0 Å². The number of nitrogens with one attached hydrogen (secondary N) is 1. The van der Waals surface area contributed by atoms with Crippen molar-refractivity contribution in [2.75, 3.05) is 5.32 Å². The minimum atomic E-state index is 0.315. The van der Waals surface area contributed by atoms with Gasteiger partial charge in [0.25, 0.3) is 0 Å². The number of rotatable bonds is 3. The number of aromatic hydroxyl groups is 1. The quantitative estimate of drug-likeness (QED) is 0.827. The molecule has 1 aromatic heterocycles. The first-order chi connectivity index (χ1) is 7.66. The molecule has 4 heteroatoms. The van der Waals surface area contributed by atoms with Crippen LogP contribution in [0, 0.1) is 6.92 Å². The van der Waals surface area contributed by atoms with Crippen molar-refractivity contribution in [1.29, 1.82) is 0 Å². The van der Waals surface area contributed by atoms with E-state index < -0.39 is 0 Å². The normalized spacial score (nSPS) is 10.4. The summed E-state index contributed by atoms with van der Waals surface area (Å²) in [5, 5.41) is 16.9. The molecule has 0 saturated carbocycles. The summed E-state index contributed by atoms with van der Waals surface area (Å²) in [6.07, 6.45) is 1.77. The maximum atomic E-state index is 9.55. The highest BCUT2D eigenvalue weighted by atomic mass is 16.3. The van der Waals surface area contributed by atoms with Gasteiger partial charge in [-0.15, -0.1) is 0 Å². The Kier molecular flexibility index (Phi) is 2.81. The van der Waals surface area contributed by atoms with Gasteiger partial charge in [-0.05, 0) is 24.6 Å². The van der Waals surface area contributed by atoms with Crippen molar-refractivity contribution in [3.8, 4) is 5.75 Å². The number of anilines is 1. The van der Waals surface area contributed by atoms with Crippen LogP contribution in [-0.4, -0.2) is 14.9 Å². The molecule has 2 aromatic rings. The highest BCUT2D eigenvalue weighted by Crippen LogP contribution is 2.21. The highest BCUT2D eigenvalue weighted by molar-refractivity contribution is 5.50. The monoisotopic (exact) mass is 217 g/mol. The van der Waals surface area contributed by atoms with Gasteiger partial charge in [0.2, 0.25) is 0 Å². The lowest BCUT2D eigenvalue weighted by molar-refractivity contribution is 0.471. The predicted octanol–water partition coefficient (Wildman–Crippen LogP) is 2.05. The maximum absolute atomic E-state index is 9.55. The molecule has 1 heterocycles. The van der Waals surface area contributed by atoms with Crippen molar-refractivity contribution in [1.82, 2.24) is 9.78 Å². The molecule has 4 nitrogen and oxygen atoms in total. The third kappa shape index (κ3) is 2.16. The predicted molar refractivity (Wildman–Crippen MR) is 63.4 cm³/mol. The van der Waals surface area contributed by atoms with E-state index in [2.05, 4.69) is 10.4 Å². The molecule has 0 unspecified atom stereocenters. The third-order valence-electron chi connectivity index (χ3n) is 2.61. The number of hydrogen-bond acceptors (Lipinski definition) is 3. The summed E-state index contributed by atoms with van der Waals surface area (Å²) in [7, 11) is 1.91. The Morgan fingerprint density at radius 1 is 1.38 bits per heavy atom. The van der Waals surface area contributed by atoms with Crippen molar-refractivity contribution in [3.05, 3.63) is 41.7 Å². The molecule has 0 radical (unpaired) electrons. The minimum Gasteiger partial charge on any atom is -0.508 e. The van der Waals surface area contributed by atoms with Crippen LogP contribution in [0.25, 0.3) is 0 Å². The molecule has 0 spiro atoms. The topological polar surface area (TPSA) is 50.1 Å². The second-order valence-electron chi connectivity index (χ2n) is 3.80. The lowest BCUT2D eigenvalue weighted by Gasteiger charge is -2.08. The first-order valence-electron chi connectivity index (χ1n) is 5.17. The summed E-state index contributed by atoms with van der Waals surface area (Å²) in [6, 6.07) is 7.53. The average Bonchev–Trinajstić information content (AvgIpc) is 2.66. The SMILES string of the molecule is Cc1ccc(NCc2ccnn2C)cc1O. The molecule has 0 aliphatic rings. The van der Waals surface area contributed by atoms with Gasteiger partial charge in [0, 0.05) is 25.0 Å². The van der Waals surface area contributed by atoms with Crippen molar-refractivity contribution in [2.45, 2.75) is 13.5 Å². The summed E-state index contributed by atoms with van der Waals surface area (Å²) in [5.74, 6) is 0.315. The van der Waals surface area contributed by atoms with Gasteiger partial charge in [-0.3, -0.25) is 4.68 Å². The Morgan fingerprint density at radius 2 is 2.19 bits per heavy atom. The maximum Gasteiger partial charge on any atom is 0.120 e. The van der Waals surface area contributed by atoms with Gasteiger partial charge in [0.1, 0.15) is 5.75 Å². The fraction of sp³-hybridized carbons (Fsp3) is 0.250. The molecule has 0 bridgehead atoms. The molecular formula is C12H15N3O. The molecule has 0 atom stereocenters. The second kappa shape index (κ2) is 4.26. The van der Waals surface area contributed by atoms with Gasteiger partial charge in [0.05, 0.1) is 12.2 Å². The van der Waals surface area contributed by atoms with Crippen molar-refractivity contribution in [2.24, 2.45) is 7.05 Å². The van der Waals surface area contributed by atoms with Gasteiger partial charge in [0.15, 0.2) is 0 Å². The van der Waals surface area contributed by atoms with Crippen molar-refractivity contribution in [3.63, 3.8) is 0 Å². The Hall–Kier alpha value is -1.97. The number of phenols is 1. The molecule has 16 heavy (non-hydrogen) atoms. The number of benzene rings is 1. The van der Waals surface area contributed by atoms with E-state index in [0.717, 1.165) is 16.9 Å². The number of nitrogens with zero attached hydrogens (tertiary/aromatic N) is 2. The summed E-state index contributed by atoms with van der Waals surface area (Å²) >= 11 is 0. The fourth-order valence-electron chi connectivity index (χ4n) is 1.49. The van der Waals surface area contributed by atoms with E-state index in [1.165, 1.54) is 0 Å². The van der Waals surface area contributed by atoms with Crippen LogP contribution in [0.4, 0.5) is 5.69 Å². The molecule has 0 saturated heterocycles. The summed E-state index contributed by atoms with van der Waals surface area (Å²) in [5.41, 5.74) is 2.88. The summed E-state index contributed by atoms with van der Waals surface area (Å²) in [4.78, 5) is 0. The third-order valence-corrected chi connectivity index (χ3v) is 2.61. The lowest BCUT2D eigenvalue weighted by atomic mass is 10.2. The summed E-state index contributed by atoms with van der Waals surface area (Å²) < 4.78 is 1.82. The molecular weight excluding hydrogens is 202 g/mol. The molecule has 0 amide bonds. The molecule has 0 aliphatic carbocycles. The van der Waals surface area contributed by atoms with Gasteiger partial charge < -0.3 is 10.4 Å². The number of aryl methyl sites for hydroxylation is 2. The highest BCUT2D eigenvalue weighted by Gasteiger charge is 2.00. The van der Waals surface area contributed by atoms with Crippen LogP contribution >= 0.6 is 0 Å². The zero-order valence-electron chi connectivity index (χ0n) is 9.44. The molecule has 84 valence electrons. The van der Waals surface area contributed by atoms with Crippen LogP contribution < -0.4 is 5.32 Å². The molecule has 0 fully saturated rings. The lowest BCUT2D eigenvalue weighted by Crippen LogP contribution is -2.05. The summed E-state index contributed by atoms with van der Waals surface area (Å²) in [6.45, 7) is 2.57.